The van der Waals surface area contributed by atoms with E-state index in [1.165, 1.54) is 32.4 Å². The normalized spacial score (nSPS) is 11.3. The summed E-state index contributed by atoms with van der Waals surface area (Å²) in [6.45, 7) is 0. The Hall–Kier alpha value is -2.42. The first-order chi connectivity index (χ1) is 11.2. The zero-order chi connectivity index (χ0) is 18.1. The second-order valence-corrected chi connectivity index (χ2v) is 5.03. The monoisotopic (exact) mass is 363 g/mol. The fourth-order valence-electron chi connectivity index (χ4n) is 2.06. The number of methoxy groups -OCH3 is 2. The number of rotatable bonds is 4. The van der Waals surface area contributed by atoms with Crippen LogP contribution in [0.1, 0.15) is 16.2 Å². The smallest absolute Gasteiger partial charge is 0.434 e. The number of aryl methyl sites for hydroxylation is 1. The minimum absolute atomic E-state index is 0.285. The van der Waals surface area contributed by atoms with Crippen molar-refractivity contribution in [3.8, 4) is 11.5 Å². The molecule has 24 heavy (non-hydrogen) atoms. The number of hydrogen-bond donors (Lipinski definition) is 1. The van der Waals surface area contributed by atoms with Gasteiger partial charge in [-0.25, -0.2) is 0 Å². The van der Waals surface area contributed by atoms with Crippen molar-refractivity contribution >= 4 is 23.2 Å². The first-order valence-corrected chi connectivity index (χ1v) is 6.90. The van der Waals surface area contributed by atoms with Gasteiger partial charge in [-0.05, 0) is 12.1 Å². The van der Waals surface area contributed by atoms with E-state index < -0.39 is 28.5 Å². The predicted octanol–water partition coefficient (Wildman–Crippen LogP) is 3.36. The van der Waals surface area contributed by atoms with E-state index in [1.807, 2.05) is 0 Å². The number of amides is 1. The Bertz CT molecular complexity index is 775. The predicted molar refractivity (Wildman–Crippen MR) is 80.7 cm³/mol. The molecule has 0 radical (unpaired) electrons. The molecule has 0 spiro atoms. The number of halogens is 4. The van der Waals surface area contributed by atoms with Gasteiger partial charge in [-0.2, -0.15) is 18.3 Å². The van der Waals surface area contributed by atoms with Crippen molar-refractivity contribution in [3.63, 3.8) is 0 Å². The standard InChI is InChI=1S/C14H13ClF3N3O3/c1-21-12(14(16,17)18)10(15)11(20-21)13(22)19-7-4-5-8(23-2)9(6-7)24-3/h4-6H,1-3H3,(H,19,22). The fourth-order valence-corrected chi connectivity index (χ4v) is 2.41. The Morgan fingerprint density at radius 3 is 2.38 bits per heavy atom. The van der Waals surface area contributed by atoms with E-state index >= 15 is 0 Å². The van der Waals surface area contributed by atoms with Crippen LogP contribution in [0.5, 0.6) is 11.5 Å². The van der Waals surface area contributed by atoms with Gasteiger partial charge in [-0.15, -0.1) is 0 Å². The van der Waals surface area contributed by atoms with Gasteiger partial charge in [-0.1, -0.05) is 11.6 Å². The quantitative estimate of drug-likeness (QED) is 0.904. The first-order valence-electron chi connectivity index (χ1n) is 6.52. The van der Waals surface area contributed by atoms with Gasteiger partial charge in [0, 0.05) is 18.8 Å². The molecule has 6 nitrogen and oxygen atoms in total. The average molecular weight is 364 g/mol. The second-order valence-electron chi connectivity index (χ2n) is 4.66. The van der Waals surface area contributed by atoms with E-state index in [-0.39, 0.29) is 5.69 Å². The van der Waals surface area contributed by atoms with Crippen LogP contribution in [0.15, 0.2) is 18.2 Å². The van der Waals surface area contributed by atoms with Crippen LogP contribution in [-0.4, -0.2) is 29.9 Å². The van der Waals surface area contributed by atoms with Gasteiger partial charge < -0.3 is 14.8 Å². The second kappa shape index (κ2) is 6.60. The third-order valence-electron chi connectivity index (χ3n) is 3.11. The van der Waals surface area contributed by atoms with Crippen molar-refractivity contribution < 1.29 is 27.4 Å². The minimum Gasteiger partial charge on any atom is -0.493 e. The summed E-state index contributed by atoms with van der Waals surface area (Å²) in [6, 6.07) is 4.49. The van der Waals surface area contributed by atoms with Crippen molar-refractivity contribution in [2.24, 2.45) is 7.05 Å². The van der Waals surface area contributed by atoms with Crippen LogP contribution in [0.2, 0.25) is 5.02 Å². The Labute approximate surface area is 140 Å². The molecule has 0 atom stereocenters. The summed E-state index contributed by atoms with van der Waals surface area (Å²) in [6.07, 6.45) is -4.72. The minimum atomic E-state index is -4.72. The topological polar surface area (TPSA) is 65.4 Å². The van der Waals surface area contributed by atoms with Crippen LogP contribution in [0.3, 0.4) is 0 Å². The SMILES string of the molecule is COc1ccc(NC(=O)c2nn(C)c(C(F)(F)F)c2Cl)cc1OC. The van der Waals surface area contributed by atoms with Crippen molar-refractivity contribution in [1.29, 1.82) is 0 Å². The highest BCUT2D eigenvalue weighted by atomic mass is 35.5. The van der Waals surface area contributed by atoms with Crippen LogP contribution in [0.25, 0.3) is 0 Å². The van der Waals surface area contributed by atoms with Crippen LogP contribution >= 0.6 is 11.6 Å². The molecule has 1 heterocycles. The van der Waals surface area contributed by atoms with Crippen LogP contribution in [0, 0.1) is 0 Å². The number of benzene rings is 1. The molecule has 0 saturated carbocycles. The summed E-state index contributed by atoms with van der Waals surface area (Å²) < 4.78 is 49.3. The summed E-state index contributed by atoms with van der Waals surface area (Å²) in [5.41, 5.74) is -1.43. The number of nitrogens with one attached hydrogen (secondary N) is 1. The Kier molecular flexibility index (Phi) is 4.93. The molecule has 1 aromatic heterocycles. The molecular formula is C14H13ClF3N3O3. The van der Waals surface area contributed by atoms with Crippen molar-refractivity contribution in [1.82, 2.24) is 9.78 Å². The van der Waals surface area contributed by atoms with Crippen LogP contribution < -0.4 is 14.8 Å². The molecule has 0 aliphatic heterocycles. The van der Waals surface area contributed by atoms with Crippen molar-refractivity contribution in [2.75, 3.05) is 19.5 Å². The van der Waals surface area contributed by atoms with E-state index in [4.69, 9.17) is 21.1 Å². The van der Waals surface area contributed by atoms with Gasteiger partial charge in [-0.3, -0.25) is 9.48 Å². The van der Waals surface area contributed by atoms with Crippen molar-refractivity contribution in [2.45, 2.75) is 6.18 Å². The maximum atomic E-state index is 12.9. The Morgan fingerprint density at radius 1 is 1.25 bits per heavy atom. The maximum Gasteiger partial charge on any atom is 0.434 e. The van der Waals surface area contributed by atoms with E-state index in [0.29, 0.717) is 16.2 Å². The maximum absolute atomic E-state index is 12.9. The molecule has 0 fully saturated rings. The molecule has 0 bridgehead atoms. The lowest BCUT2D eigenvalue weighted by Crippen LogP contribution is -2.13. The molecule has 0 aliphatic rings. The molecule has 0 saturated heterocycles. The van der Waals surface area contributed by atoms with E-state index in [1.54, 1.807) is 0 Å². The number of alkyl halides is 3. The summed E-state index contributed by atoms with van der Waals surface area (Å²) in [7, 11) is 3.92. The first kappa shape index (κ1) is 17.9. The van der Waals surface area contributed by atoms with Gasteiger partial charge in [0.25, 0.3) is 5.91 Å². The molecule has 130 valence electrons. The number of carbonyl (C=O) groups excluding carboxylic acids is 1. The van der Waals surface area contributed by atoms with Gasteiger partial charge in [0.05, 0.1) is 14.2 Å². The molecule has 0 aliphatic carbocycles. The number of ether oxygens (including phenoxy) is 2. The molecule has 0 unspecified atom stereocenters. The lowest BCUT2D eigenvalue weighted by Gasteiger charge is -2.10. The third-order valence-corrected chi connectivity index (χ3v) is 3.47. The highest BCUT2D eigenvalue weighted by molar-refractivity contribution is 6.34. The molecule has 10 heteroatoms. The van der Waals surface area contributed by atoms with Gasteiger partial charge in [0.1, 0.15) is 5.02 Å². The summed E-state index contributed by atoms with van der Waals surface area (Å²) in [4.78, 5) is 12.2. The van der Waals surface area contributed by atoms with Crippen LogP contribution in [-0.2, 0) is 13.2 Å². The molecule has 1 N–H and O–H groups in total. The lowest BCUT2D eigenvalue weighted by atomic mass is 10.2. The molecule has 1 amide bonds. The fraction of sp³-hybridized carbons (Fsp3) is 0.286. The van der Waals surface area contributed by atoms with E-state index in [2.05, 4.69) is 10.4 Å². The van der Waals surface area contributed by atoms with Gasteiger partial charge in [0.15, 0.2) is 22.9 Å². The highest BCUT2D eigenvalue weighted by Gasteiger charge is 2.40. The van der Waals surface area contributed by atoms with E-state index in [9.17, 15) is 18.0 Å². The molecule has 2 rings (SSSR count). The summed E-state index contributed by atoms with van der Waals surface area (Å²) in [5, 5.41) is 5.20. The van der Waals surface area contributed by atoms with Gasteiger partial charge >= 0.3 is 6.18 Å². The van der Waals surface area contributed by atoms with Crippen molar-refractivity contribution in [3.05, 3.63) is 34.6 Å². The summed E-state index contributed by atoms with van der Waals surface area (Å²) >= 11 is 5.67. The number of anilines is 1. The van der Waals surface area contributed by atoms with Crippen LogP contribution in [0.4, 0.5) is 18.9 Å². The summed E-state index contributed by atoms with van der Waals surface area (Å²) in [5.74, 6) is -0.0950. The number of carbonyl (C=O) groups is 1. The lowest BCUT2D eigenvalue weighted by molar-refractivity contribution is -0.143. The Balaban J connectivity index is 2.31. The number of hydrogen-bond acceptors (Lipinski definition) is 4. The average Bonchev–Trinajstić information content (AvgIpc) is 2.81. The molecular weight excluding hydrogens is 351 g/mol. The Morgan fingerprint density at radius 2 is 1.88 bits per heavy atom. The molecule has 1 aromatic carbocycles. The zero-order valence-corrected chi connectivity index (χ0v) is 13.6. The van der Waals surface area contributed by atoms with E-state index in [0.717, 1.165) is 7.05 Å². The zero-order valence-electron chi connectivity index (χ0n) is 12.9. The third kappa shape index (κ3) is 3.40. The van der Waals surface area contributed by atoms with Gasteiger partial charge in [0.2, 0.25) is 0 Å². The molecule has 2 aromatic rings. The number of nitrogens with zero attached hydrogens (tertiary/aromatic N) is 2. The number of aromatic nitrogens is 2. The highest BCUT2D eigenvalue weighted by Crippen LogP contribution is 2.36. The largest absolute Gasteiger partial charge is 0.493 e.